The van der Waals surface area contributed by atoms with Crippen LogP contribution in [0, 0.1) is 0 Å². The summed E-state index contributed by atoms with van der Waals surface area (Å²) >= 11 is 3.91. The molecule has 4 heteroatoms. The molecule has 0 aromatic heterocycles. The van der Waals surface area contributed by atoms with Crippen molar-refractivity contribution >= 4 is 19.7 Å². The zero-order chi connectivity index (χ0) is 3.58. The minimum atomic E-state index is -1.79. The molecule has 0 heterocycles. The lowest BCUT2D eigenvalue weighted by Gasteiger charge is -2.23. The second-order valence-electron chi connectivity index (χ2n) is 0.285. The molecule has 2 nitrogen and oxygen atoms in total. The van der Waals surface area contributed by atoms with Crippen LogP contribution in [-0.2, 0) is 12.2 Å². The molecular weight excluding hydrogens is 93.0 g/mol. The second kappa shape index (κ2) is 1.97. The van der Waals surface area contributed by atoms with Crippen LogP contribution in [-0.4, -0.2) is 0 Å². The van der Waals surface area contributed by atoms with E-state index in [0.29, 0.717) is 0 Å². The van der Waals surface area contributed by atoms with Crippen molar-refractivity contribution in [1.29, 1.82) is 0 Å². The third kappa shape index (κ3) is 15.9. The lowest BCUT2D eigenvalue weighted by molar-refractivity contribution is -0.153. The van der Waals surface area contributed by atoms with Crippen LogP contribution in [0.4, 0.5) is 0 Å². The highest BCUT2D eigenvalue weighted by Gasteiger charge is 1.28. The van der Waals surface area contributed by atoms with Crippen LogP contribution in [0.1, 0.15) is 0 Å². The summed E-state index contributed by atoms with van der Waals surface area (Å²) in [5.41, 5.74) is 4.44. The van der Waals surface area contributed by atoms with Crippen LogP contribution in [0.3, 0.4) is 0 Å². The van der Waals surface area contributed by atoms with Crippen LogP contribution < -0.4 is 10.4 Å². The van der Waals surface area contributed by atoms with E-state index >= 15 is 0 Å². The molecule has 0 aromatic carbocycles. The number of nitrogens with two attached hydrogens (primary N) is 1. The van der Waals surface area contributed by atoms with Crippen molar-refractivity contribution in [3.05, 3.63) is 0 Å². The van der Waals surface area contributed by atoms with E-state index in [1.54, 1.807) is 0 Å². The molecule has 0 aliphatic rings. The van der Waals surface area contributed by atoms with E-state index in [4.69, 9.17) is 0 Å². The average molecular weight is 95.1 g/mol. The fourth-order valence-corrected chi connectivity index (χ4v) is 0. The SMILES string of the molecule is NP([O-])[S-]. The predicted molar refractivity (Wildman–Crippen MR) is 18.5 cm³/mol. The Morgan fingerprint density at radius 1 is 2.00 bits per heavy atom. The van der Waals surface area contributed by atoms with E-state index in [0.717, 1.165) is 0 Å². The molecule has 0 aliphatic heterocycles. The van der Waals surface area contributed by atoms with Gasteiger partial charge in [0.25, 0.3) is 0 Å². The largest absolute Gasteiger partial charge is 0.837 e. The molecule has 0 rings (SSSR count). The molecular formula is H2NOPS-2. The summed E-state index contributed by atoms with van der Waals surface area (Å²) in [5, 5.41) is 0. The van der Waals surface area contributed by atoms with Crippen molar-refractivity contribution in [2.45, 2.75) is 0 Å². The highest BCUT2D eigenvalue weighted by atomic mass is 32.7. The van der Waals surface area contributed by atoms with Gasteiger partial charge in [0.2, 0.25) is 0 Å². The topological polar surface area (TPSA) is 49.1 Å². The van der Waals surface area contributed by atoms with Crippen molar-refractivity contribution < 1.29 is 4.89 Å². The molecule has 26 valence electrons. The third-order valence-corrected chi connectivity index (χ3v) is 0. The molecule has 0 aliphatic carbocycles. The van der Waals surface area contributed by atoms with Gasteiger partial charge in [0.15, 0.2) is 0 Å². The van der Waals surface area contributed by atoms with Gasteiger partial charge in [-0.05, 0) is 0 Å². The fraction of sp³-hybridized carbons (Fsp3) is 0. The molecule has 0 amide bonds. The molecule has 0 aromatic rings. The lowest BCUT2D eigenvalue weighted by Crippen LogP contribution is -1.97. The van der Waals surface area contributed by atoms with Crippen molar-refractivity contribution in [3.63, 3.8) is 0 Å². The van der Waals surface area contributed by atoms with Crippen LogP contribution in [0.2, 0.25) is 0 Å². The van der Waals surface area contributed by atoms with E-state index in [1.807, 2.05) is 0 Å². The van der Waals surface area contributed by atoms with E-state index in [2.05, 4.69) is 17.8 Å². The van der Waals surface area contributed by atoms with Gasteiger partial charge < -0.3 is 22.6 Å². The highest BCUT2D eigenvalue weighted by Crippen LogP contribution is 2.00. The Labute approximate surface area is 31.1 Å². The van der Waals surface area contributed by atoms with E-state index in [1.165, 1.54) is 0 Å². The van der Waals surface area contributed by atoms with Crippen LogP contribution in [0.15, 0.2) is 0 Å². The summed E-state index contributed by atoms with van der Waals surface area (Å²) in [6.45, 7) is 0. The maximum absolute atomic E-state index is 9.19. The first-order chi connectivity index (χ1) is 1.73. The predicted octanol–water partition coefficient (Wildman–Crippen LogP) is -0.921. The lowest BCUT2D eigenvalue weighted by atomic mass is 13.9. The van der Waals surface area contributed by atoms with Gasteiger partial charge in [-0.2, -0.15) is 0 Å². The third-order valence-electron chi connectivity index (χ3n) is 0. The monoisotopic (exact) mass is 95.0 g/mol. The average Bonchev–Trinajstić information content (AvgIpc) is 0.811. The van der Waals surface area contributed by atoms with Crippen molar-refractivity contribution in [2.75, 3.05) is 0 Å². The molecule has 0 fully saturated rings. The molecule has 0 spiro atoms. The summed E-state index contributed by atoms with van der Waals surface area (Å²) in [6.07, 6.45) is 0. The molecule has 4 heavy (non-hydrogen) atoms. The van der Waals surface area contributed by atoms with Gasteiger partial charge in [-0.3, -0.25) is 7.50 Å². The first kappa shape index (κ1) is 4.70. The van der Waals surface area contributed by atoms with Gasteiger partial charge in [-0.1, -0.05) is 0 Å². The molecule has 1 atom stereocenters. The molecule has 0 radical (unpaired) electrons. The second-order valence-corrected chi connectivity index (χ2v) is 1.94. The molecule has 2 N–H and O–H groups in total. The maximum Gasteiger partial charge on any atom is -0.296 e. The van der Waals surface area contributed by atoms with Gasteiger partial charge in [0, 0.05) is 0 Å². The van der Waals surface area contributed by atoms with Gasteiger partial charge >= 0.3 is 0 Å². The Morgan fingerprint density at radius 2 is 2.00 bits per heavy atom. The zero-order valence-electron chi connectivity index (χ0n) is 1.84. The van der Waals surface area contributed by atoms with Crippen molar-refractivity contribution in [2.24, 2.45) is 5.50 Å². The van der Waals surface area contributed by atoms with Gasteiger partial charge in [-0.15, -0.1) is 0 Å². The van der Waals surface area contributed by atoms with E-state index in [9.17, 15) is 4.89 Å². The Hall–Kier alpha value is 0.700. The van der Waals surface area contributed by atoms with E-state index < -0.39 is 7.50 Å². The Kier molecular flexibility index (Phi) is 2.32. The van der Waals surface area contributed by atoms with Crippen LogP contribution in [0.25, 0.3) is 0 Å². The number of rotatable bonds is 0. The normalized spacial score (nSPS) is 15.8. The van der Waals surface area contributed by atoms with Gasteiger partial charge in [-0.25, -0.2) is 0 Å². The summed E-state index contributed by atoms with van der Waals surface area (Å²) in [4.78, 5) is 9.19. The molecule has 1 unspecified atom stereocenters. The van der Waals surface area contributed by atoms with Crippen LogP contribution >= 0.6 is 7.50 Å². The molecule has 0 saturated heterocycles. The van der Waals surface area contributed by atoms with Crippen molar-refractivity contribution in [3.8, 4) is 0 Å². The minimum absolute atomic E-state index is 1.79. The van der Waals surface area contributed by atoms with Crippen LogP contribution in [0.5, 0.6) is 0 Å². The highest BCUT2D eigenvalue weighted by molar-refractivity contribution is 8.29. The standard InChI is InChI=1S/H2NOPS/c1-3(2)4/h1H2/q-2. The zero-order valence-corrected chi connectivity index (χ0v) is 3.55. The Morgan fingerprint density at radius 3 is 2.00 bits per heavy atom. The van der Waals surface area contributed by atoms with Crippen molar-refractivity contribution in [1.82, 2.24) is 0 Å². The fourth-order valence-electron chi connectivity index (χ4n) is 0. The first-order valence-corrected chi connectivity index (χ1v) is 2.97. The molecule has 0 saturated carbocycles. The summed E-state index contributed by atoms with van der Waals surface area (Å²) < 4.78 is 0. The maximum atomic E-state index is 9.19. The quantitative estimate of drug-likeness (QED) is 0.312. The summed E-state index contributed by atoms with van der Waals surface area (Å²) in [5.74, 6) is 0. The number of hydrogen-bond donors (Lipinski definition) is 1. The molecule has 0 bridgehead atoms. The smallest absolute Gasteiger partial charge is 0.296 e. The first-order valence-electron chi connectivity index (χ1n) is 0.623. The minimum Gasteiger partial charge on any atom is -0.837 e. The van der Waals surface area contributed by atoms with Gasteiger partial charge in [0.1, 0.15) is 0 Å². The Bertz CT molecular complexity index is 12.8. The number of hydrogen-bond acceptors (Lipinski definition) is 3. The van der Waals surface area contributed by atoms with E-state index in [-0.39, 0.29) is 0 Å². The Balaban J connectivity index is 2.32. The summed E-state index contributed by atoms with van der Waals surface area (Å²) in [7, 11) is -1.79. The van der Waals surface area contributed by atoms with Gasteiger partial charge in [0.05, 0.1) is 0 Å². The summed E-state index contributed by atoms with van der Waals surface area (Å²) in [6, 6.07) is 0.